The van der Waals surface area contributed by atoms with Crippen LogP contribution in [0, 0.1) is 13.8 Å². The summed E-state index contributed by atoms with van der Waals surface area (Å²) < 4.78 is 1.68. The van der Waals surface area contributed by atoms with Crippen LogP contribution in [0.3, 0.4) is 0 Å². The Morgan fingerprint density at radius 1 is 1.55 bits per heavy atom. The lowest BCUT2D eigenvalue weighted by Gasteiger charge is -2.13. The van der Waals surface area contributed by atoms with Crippen LogP contribution in [0.1, 0.15) is 20.9 Å². The molecule has 0 fully saturated rings. The normalized spacial score (nSPS) is 12.6. The molecule has 2 heterocycles. The molecule has 2 N–H and O–H groups in total. The summed E-state index contributed by atoms with van der Waals surface area (Å²) in [5, 5.41) is 16.5. The summed E-state index contributed by atoms with van der Waals surface area (Å²) in [6.45, 7) is 4.70. The van der Waals surface area contributed by atoms with E-state index in [1.54, 1.807) is 22.2 Å². The Morgan fingerprint density at radius 3 is 2.80 bits per heavy atom. The standard InChI is InChI=1S/C14H19N3O2S/c1-9-4-12(10(2)20-9)7-15-13(14(18)19)5-11-6-16-17(3)8-11/h4,6,8,13,15H,5,7H2,1-3H3,(H,18,19). The minimum atomic E-state index is -0.835. The van der Waals surface area contributed by atoms with Gasteiger partial charge in [0.2, 0.25) is 0 Å². The summed E-state index contributed by atoms with van der Waals surface area (Å²) in [6.07, 6.45) is 3.99. The van der Waals surface area contributed by atoms with Crippen LogP contribution < -0.4 is 5.32 Å². The SMILES string of the molecule is Cc1cc(CNC(Cc2cnn(C)c2)C(=O)O)c(C)s1. The summed E-state index contributed by atoms with van der Waals surface area (Å²) in [5.41, 5.74) is 2.09. The maximum absolute atomic E-state index is 11.3. The molecule has 108 valence electrons. The van der Waals surface area contributed by atoms with Crippen molar-refractivity contribution in [2.24, 2.45) is 7.05 Å². The van der Waals surface area contributed by atoms with E-state index in [0.717, 1.165) is 5.56 Å². The van der Waals surface area contributed by atoms with E-state index in [4.69, 9.17) is 0 Å². The number of aromatic nitrogens is 2. The van der Waals surface area contributed by atoms with Crippen molar-refractivity contribution in [1.29, 1.82) is 0 Å². The molecule has 0 bridgehead atoms. The Balaban J connectivity index is 1.99. The van der Waals surface area contributed by atoms with Crippen LogP contribution in [-0.4, -0.2) is 26.9 Å². The Kier molecular flexibility index (Phi) is 4.57. The van der Waals surface area contributed by atoms with E-state index in [2.05, 4.69) is 30.3 Å². The third kappa shape index (κ3) is 3.68. The zero-order valence-corrected chi connectivity index (χ0v) is 12.7. The fraction of sp³-hybridized carbons (Fsp3) is 0.429. The molecule has 6 heteroatoms. The number of carboxylic acids is 1. The van der Waals surface area contributed by atoms with E-state index in [0.29, 0.717) is 13.0 Å². The maximum Gasteiger partial charge on any atom is 0.321 e. The monoisotopic (exact) mass is 293 g/mol. The highest BCUT2D eigenvalue weighted by Crippen LogP contribution is 2.20. The molecule has 2 aromatic rings. The number of carbonyl (C=O) groups is 1. The van der Waals surface area contributed by atoms with E-state index in [-0.39, 0.29) is 0 Å². The number of nitrogens with zero attached hydrogens (tertiary/aromatic N) is 2. The van der Waals surface area contributed by atoms with Gasteiger partial charge in [-0.05, 0) is 31.0 Å². The van der Waals surface area contributed by atoms with Crippen molar-refractivity contribution < 1.29 is 9.90 Å². The van der Waals surface area contributed by atoms with Gasteiger partial charge in [0.25, 0.3) is 0 Å². The first-order valence-electron chi connectivity index (χ1n) is 6.45. The van der Waals surface area contributed by atoms with Crippen LogP contribution in [0.25, 0.3) is 0 Å². The highest BCUT2D eigenvalue weighted by molar-refractivity contribution is 7.12. The summed E-state index contributed by atoms with van der Waals surface area (Å²) in [4.78, 5) is 13.8. The maximum atomic E-state index is 11.3. The number of nitrogens with one attached hydrogen (secondary N) is 1. The molecule has 0 saturated carbocycles. The van der Waals surface area contributed by atoms with Gasteiger partial charge < -0.3 is 5.11 Å². The van der Waals surface area contributed by atoms with Gasteiger partial charge >= 0.3 is 5.97 Å². The molecule has 0 spiro atoms. The molecule has 0 aromatic carbocycles. The molecule has 1 unspecified atom stereocenters. The molecule has 5 nitrogen and oxygen atoms in total. The smallest absolute Gasteiger partial charge is 0.321 e. The average molecular weight is 293 g/mol. The number of rotatable bonds is 6. The average Bonchev–Trinajstić information content (AvgIpc) is 2.90. The second-order valence-corrected chi connectivity index (χ2v) is 6.40. The van der Waals surface area contributed by atoms with Gasteiger partial charge in [-0.25, -0.2) is 0 Å². The third-order valence-corrected chi connectivity index (χ3v) is 4.19. The molecule has 0 saturated heterocycles. The van der Waals surface area contributed by atoms with Crippen LogP contribution >= 0.6 is 11.3 Å². The van der Waals surface area contributed by atoms with E-state index < -0.39 is 12.0 Å². The summed E-state index contributed by atoms with van der Waals surface area (Å²) in [6, 6.07) is 1.51. The fourth-order valence-electron chi connectivity index (χ4n) is 2.15. The molecule has 0 aliphatic heterocycles. The molecule has 1 atom stereocenters. The number of carboxylic acid groups (broad SMARTS) is 1. The predicted molar refractivity (Wildman–Crippen MR) is 79.0 cm³/mol. The summed E-state index contributed by atoms with van der Waals surface area (Å²) in [7, 11) is 1.82. The minimum Gasteiger partial charge on any atom is -0.480 e. The third-order valence-electron chi connectivity index (χ3n) is 3.18. The first-order chi connectivity index (χ1) is 9.45. The summed E-state index contributed by atoms with van der Waals surface area (Å²) >= 11 is 1.74. The number of aliphatic carboxylic acids is 1. The van der Waals surface area contributed by atoms with E-state index in [1.165, 1.54) is 15.3 Å². The lowest BCUT2D eigenvalue weighted by atomic mass is 10.1. The van der Waals surface area contributed by atoms with Gasteiger partial charge in [-0.15, -0.1) is 11.3 Å². The van der Waals surface area contributed by atoms with Crippen molar-refractivity contribution in [2.75, 3.05) is 0 Å². The molecule has 0 amide bonds. The highest BCUT2D eigenvalue weighted by atomic mass is 32.1. The Hall–Kier alpha value is -1.66. The van der Waals surface area contributed by atoms with Crippen LogP contribution in [0.2, 0.25) is 0 Å². The molecule has 0 radical (unpaired) electrons. The zero-order valence-electron chi connectivity index (χ0n) is 11.9. The topological polar surface area (TPSA) is 67.2 Å². The van der Waals surface area contributed by atoms with Crippen molar-refractivity contribution in [3.63, 3.8) is 0 Å². The van der Waals surface area contributed by atoms with E-state index in [1.807, 2.05) is 13.2 Å². The van der Waals surface area contributed by atoms with Crippen LogP contribution in [0.4, 0.5) is 0 Å². The van der Waals surface area contributed by atoms with Gasteiger partial charge in [-0.2, -0.15) is 5.10 Å². The lowest BCUT2D eigenvalue weighted by molar-refractivity contribution is -0.139. The van der Waals surface area contributed by atoms with Crippen molar-refractivity contribution in [3.8, 4) is 0 Å². The number of hydrogen-bond acceptors (Lipinski definition) is 4. The zero-order chi connectivity index (χ0) is 14.7. The molecule has 20 heavy (non-hydrogen) atoms. The van der Waals surface area contributed by atoms with Gasteiger partial charge in [0.1, 0.15) is 6.04 Å². The fourth-order valence-corrected chi connectivity index (χ4v) is 3.10. The van der Waals surface area contributed by atoms with Gasteiger partial charge in [-0.1, -0.05) is 0 Å². The highest BCUT2D eigenvalue weighted by Gasteiger charge is 2.18. The van der Waals surface area contributed by atoms with Crippen molar-refractivity contribution in [2.45, 2.75) is 32.9 Å². The molecule has 0 aliphatic rings. The van der Waals surface area contributed by atoms with Crippen LogP contribution in [0.15, 0.2) is 18.5 Å². The number of aryl methyl sites for hydroxylation is 3. The van der Waals surface area contributed by atoms with Crippen molar-refractivity contribution >= 4 is 17.3 Å². The Labute approximate surface area is 122 Å². The van der Waals surface area contributed by atoms with Crippen LogP contribution in [0.5, 0.6) is 0 Å². The molecule has 2 aromatic heterocycles. The predicted octanol–water partition coefficient (Wildman–Crippen LogP) is 1.88. The lowest BCUT2D eigenvalue weighted by Crippen LogP contribution is -2.38. The van der Waals surface area contributed by atoms with Crippen molar-refractivity contribution in [1.82, 2.24) is 15.1 Å². The number of thiophene rings is 1. The Bertz CT molecular complexity index is 603. The molecular weight excluding hydrogens is 274 g/mol. The molecule has 2 rings (SSSR count). The van der Waals surface area contributed by atoms with Crippen LogP contribution in [-0.2, 0) is 24.8 Å². The first kappa shape index (κ1) is 14.7. The molecular formula is C14H19N3O2S. The second-order valence-electron chi connectivity index (χ2n) is 4.94. The van der Waals surface area contributed by atoms with Gasteiger partial charge in [0, 0.05) is 36.0 Å². The largest absolute Gasteiger partial charge is 0.480 e. The minimum absolute atomic E-state index is 0.436. The number of hydrogen-bond donors (Lipinski definition) is 2. The van der Waals surface area contributed by atoms with Crippen molar-refractivity contribution in [3.05, 3.63) is 39.3 Å². The second kappa shape index (κ2) is 6.19. The van der Waals surface area contributed by atoms with E-state index >= 15 is 0 Å². The molecule has 0 aliphatic carbocycles. The van der Waals surface area contributed by atoms with E-state index in [9.17, 15) is 9.90 Å². The quantitative estimate of drug-likeness (QED) is 0.853. The Morgan fingerprint density at radius 2 is 2.30 bits per heavy atom. The van der Waals surface area contributed by atoms with Gasteiger partial charge in [0.15, 0.2) is 0 Å². The van der Waals surface area contributed by atoms with Gasteiger partial charge in [0.05, 0.1) is 6.20 Å². The first-order valence-corrected chi connectivity index (χ1v) is 7.27. The summed E-state index contributed by atoms with van der Waals surface area (Å²) in [5.74, 6) is -0.835. The van der Waals surface area contributed by atoms with Gasteiger partial charge in [-0.3, -0.25) is 14.8 Å².